The summed E-state index contributed by atoms with van der Waals surface area (Å²) in [6, 6.07) is 15.6. The van der Waals surface area contributed by atoms with Crippen LogP contribution in [0.2, 0.25) is 0 Å². The summed E-state index contributed by atoms with van der Waals surface area (Å²) in [5.41, 5.74) is 3.61. The number of likely N-dealkylation sites (N-methyl/N-ethyl adjacent to an activating group) is 1. The third kappa shape index (κ3) is 2.90. The van der Waals surface area contributed by atoms with Gasteiger partial charge in [-0.05, 0) is 30.8 Å². The SMILES string of the molecule is CN1CCNCC1c1ccc([N+](=O)[O-])c(-c2cc3ccccc3[nH]2)c1. The highest BCUT2D eigenvalue weighted by Crippen LogP contribution is 2.34. The van der Waals surface area contributed by atoms with Gasteiger partial charge in [0.25, 0.3) is 5.69 Å². The van der Waals surface area contributed by atoms with Crippen molar-refractivity contribution < 1.29 is 4.92 Å². The van der Waals surface area contributed by atoms with Gasteiger partial charge in [0, 0.05) is 42.6 Å². The lowest BCUT2D eigenvalue weighted by atomic mass is 9.98. The molecule has 3 aromatic rings. The van der Waals surface area contributed by atoms with E-state index >= 15 is 0 Å². The van der Waals surface area contributed by atoms with Gasteiger partial charge in [-0.25, -0.2) is 0 Å². The molecule has 2 heterocycles. The number of piperazine rings is 1. The Morgan fingerprint density at radius 3 is 2.80 bits per heavy atom. The molecule has 1 aromatic heterocycles. The lowest BCUT2D eigenvalue weighted by molar-refractivity contribution is -0.384. The Kier molecular flexibility index (Phi) is 3.99. The second kappa shape index (κ2) is 6.31. The molecule has 2 aromatic carbocycles. The highest BCUT2D eigenvalue weighted by molar-refractivity contribution is 5.87. The lowest BCUT2D eigenvalue weighted by Gasteiger charge is -2.33. The molecule has 1 aliphatic rings. The van der Waals surface area contributed by atoms with Crippen molar-refractivity contribution in [2.75, 3.05) is 26.7 Å². The molecule has 1 aliphatic heterocycles. The highest BCUT2D eigenvalue weighted by Gasteiger charge is 2.24. The number of para-hydroxylation sites is 1. The Morgan fingerprint density at radius 2 is 2.04 bits per heavy atom. The number of rotatable bonds is 3. The molecule has 0 aliphatic carbocycles. The predicted octanol–water partition coefficient (Wildman–Crippen LogP) is 3.32. The quantitative estimate of drug-likeness (QED) is 0.568. The summed E-state index contributed by atoms with van der Waals surface area (Å²) in [7, 11) is 2.09. The minimum atomic E-state index is -0.312. The van der Waals surface area contributed by atoms with E-state index in [2.05, 4.69) is 22.2 Å². The summed E-state index contributed by atoms with van der Waals surface area (Å²) < 4.78 is 0. The Hall–Kier alpha value is -2.70. The van der Waals surface area contributed by atoms with Crippen LogP contribution in [0.5, 0.6) is 0 Å². The minimum absolute atomic E-state index is 0.127. The van der Waals surface area contributed by atoms with Crippen LogP contribution in [0.1, 0.15) is 11.6 Å². The van der Waals surface area contributed by atoms with Crippen LogP contribution >= 0.6 is 0 Å². The lowest BCUT2D eigenvalue weighted by Crippen LogP contribution is -2.43. The maximum absolute atomic E-state index is 11.5. The number of benzene rings is 2. The number of hydrogen-bond donors (Lipinski definition) is 2. The highest BCUT2D eigenvalue weighted by atomic mass is 16.6. The van der Waals surface area contributed by atoms with E-state index in [0.29, 0.717) is 5.56 Å². The van der Waals surface area contributed by atoms with Crippen molar-refractivity contribution in [2.24, 2.45) is 0 Å². The summed E-state index contributed by atoms with van der Waals surface area (Å²) in [4.78, 5) is 16.8. The van der Waals surface area contributed by atoms with Crippen LogP contribution in [0.3, 0.4) is 0 Å². The third-order valence-corrected chi connectivity index (χ3v) is 4.93. The van der Waals surface area contributed by atoms with Crippen molar-refractivity contribution in [3.05, 3.63) is 64.2 Å². The van der Waals surface area contributed by atoms with E-state index in [0.717, 1.165) is 41.8 Å². The first-order valence-electron chi connectivity index (χ1n) is 8.41. The van der Waals surface area contributed by atoms with Gasteiger partial charge < -0.3 is 10.3 Å². The van der Waals surface area contributed by atoms with Gasteiger partial charge in [0.05, 0.1) is 16.2 Å². The smallest absolute Gasteiger partial charge is 0.278 e. The summed E-state index contributed by atoms with van der Waals surface area (Å²) in [6.07, 6.45) is 0. The van der Waals surface area contributed by atoms with Gasteiger partial charge in [0.15, 0.2) is 0 Å². The van der Waals surface area contributed by atoms with E-state index < -0.39 is 0 Å². The molecule has 0 bridgehead atoms. The van der Waals surface area contributed by atoms with Crippen LogP contribution < -0.4 is 5.32 Å². The van der Waals surface area contributed by atoms with Crippen molar-refractivity contribution >= 4 is 16.6 Å². The van der Waals surface area contributed by atoms with Crippen molar-refractivity contribution in [3.63, 3.8) is 0 Å². The van der Waals surface area contributed by atoms with E-state index in [9.17, 15) is 10.1 Å². The number of nitro groups is 1. The van der Waals surface area contributed by atoms with Gasteiger partial charge in [-0.2, -0.15) is 0 Å². The number of nitro benzene ring substituents is 1. The fourth-order valence-corrected chi connectivity index (χ4v) is 3.53. The number of nitrogens with one attached hydrogen (secondary N) is 2. The van der Waals surface area contributed by atoms with E-state index in [1.165, 1.54) is 0 Å². The maximum atomic E-state index is 11.5. The zero-order valence-electron chi connectivity index (χ0n) is 14.0. The average Bonchev–Trinajstić information content (AvgIpc) is 3.05. The Bertz CT molecular complexity index is 901. The summed E-state index contributed by atoms with van der Waals surface area (Å²) in [5.74, 6) is 0. The maximum Gasteiger partial charge on any atom is 0.278 e. The fraction of sp³-hybridized carbons (Fsp3) is 0.263. The Morgan fingerprint density at radius 1 is 1.20 bits per heavy atom. The van der Waals surface area contributed by atoms with Crippen LogP contribution in [-0.2, 0) is 0 Å². The zero-order valence-corrected chi connectivity index (χ0v) is 14.0. The van der Waals surface area contributed by atoms with Crippen molar-refractivity contribution in [3.8, 4) is 11.3 Å². The van der Waals surface area contributed by atoms with Gasteiger partial charge in [-0.1, -0.05) is 24.3 Å². The molecule has 1 atom stereocenters. The summed E-state index contributed by atoms with van der Waals surface area (Å²) in [5, 5.41) is 16.0. The number of fused-ring (bicyclic) bond motifs is 1. The molecule has 0 amide bonds. The predicted molar refractivity (Wildman–Crippen MR) is 98.6 cm³/mol. The molecule has 25 heavy (non-hydrogen) atoms. The van der Waals surface area contributed by atoms with Gasteiger partial charge >= 0.3 is 0 Å². The van der Waals surface area contributed by atoms with Crippen molar-refractivity contribution in [1.82, 2.24) is 15.2 Å². The normalized spacial score (nSPS) is 18.5. The first kappa shape index (κ1) is 15.8. The van der Waals surface area contributed by atoms with Crippen LogP contribution in [0.4, 0.5) is 5.69 Å². The van der Waals surface area contributed by atoms with Crippen LogP contribution in [0, 0.1) is 10.1 Å². The van der Waals surface area contributed by atoms with Gasteiger partial charge in [0.1, 0.15) is 0 Å². The van der Waals surface area contributed by atoms with Gasteiger partial charge in [-0.3, -0.25) is 15.0 Å². The van der Waals surface area contributed by atoms with Crippen LogP contribution in [0.15, 0.2) is 48.5 Å². The summed E-state index contributed by atoms with van der Waals surface area (Å²) in [6.45, 7) is 2.78. The molecule has 1 fully saturated rings. The van der Waals surface area contributed by atoms with E-state index in [1.807, 2.05) is 42.5 Å². The topological polar surface area (TPSA) is 74.2 Å². The first-order chi connectivity index (χ1) is 12.1. The molecule has 6 nitrogen and oxygen atoms in total. The van der Waals surface area contributed by atoms with E-state index in [1.54, 1.807) is 6.07 Å². The van der Waals surface area contributed by atoms with E-state index in [4.69, 9.17) is 0 Å². The minimum Gasteiger partial charge on any atom is -0.354 e. The zero-order chi connectivity index (χ0) is 17.4. The third-order valence-electron chi connectivity index (χ3n) is 4.93. The molecule has 2 N–H and O–H groups in total. The molecule has 6 heteroatoms. The van der Waals surface area contributed by atoms with E-state index in [-0.39, 0.29) is 16.7 Å². The average molecular weight is 336 g/mol. The van der Waals surface area contributed by atoms with Crippen LogP contribution in [-0.4, -0.2) is 41.5 Å². The standard InChI is InChI=1S/C19H20N4O2/c1-22-9-8-20-12-19(22)14-6-7-18(23(24)25)15(10-14)17-11-13-4-2-3-5-16(13)21-17/h2-7,10-11,19-21H,8-9,12H2,1H3. The van der Waals surface area contributed by atoms with Crippen molar-refractivity contribution in [1.29, 1.82) is 0 Å². The first-order valence-corrected chi connectivity index (χ1v) is 8.41. The van der Waals surface area contributed by atoms with Gasteiger partial charge in [0.2, 0.25) is 0 Å². The number of aromatic amines is 1. The number of aromatic nitrogens is 1. The molecule has 1 unspecified atom stereocenters. The second-order valence-electron chi connectivity index (χ2n) is 6.50. The molecule has 1 saturated heterocycles. The molecular weight excluding hydrogens is 316 g/mol. The van der Waals surface area contributed by atoms with Crippen LogP contribution in [0.25, 0.3) is 22.2 Å². The Labute approximate surface area is 145 Å². The number of nitrogens with zero attached hydrogens (tertiary/aromatic N) is 2. The fourth-order valence-electron chi connectivity index (χ4n) is 3.53. The largest absolute Gasteiger partial charge is 0.354 e. The van der Waals surface area contributed by atoms with Crippen molar-refractivity contribution in [2.45, 2.75) is 6.04 Å². The molecule has 0 saturated carbocycles. The molecule has 4 rings (SSSR count). The summed E-state index contributed by atoms with van der Waals surface area (Å²) >= 11 is 0. The number of hydrogen-bond acceptors (Lipinski definition) is 4. The second-order valence-corrected chi connectivity index (χ2v) is 6.50. The number of H-pyrrole nitrogens is 1. The molecule has 0 spiro atoms. The Balaban J connectivity index is 1.83. The molecule has 0 radical (unpaired) electrons. The monoisotopic (exact) mass is 336 g/mol. The molecule has 128 valence electrons. The van der Waals surface area contributed by atoms with Gasteiger partial charge in [-0.15, -0.1) is 0 Å². The molecular formula is C19H20N4O2.